The zero-order chi connectivity index (χ0) is 11.3. The van der Waals surface area contributed by atoms with E-state index in [9.17, 15) is 4.79 Å². The molecule has 5 heteroatoms. The highest BCUT2D eigenvalue weighted by molar-refractivity contribution is 7.99. The molecule has 1 unspecified atom stereocenters. The van der Waals surface area contributed by atoms with Gasteiger partial charge >= 0.3 is 0 Å². The van der Waals surface area contributed by atoms with Crippen molar-refractivity contribution in [3.05, 3.63) is 24.3 Å². The van der Waals surface area contributed by atoms with Gasteiger partial charge in [-0.3, -0.25) is 4.79 Å². The SMILES string of the molecule is COc1ccc(SCC(N)C(N)=O)cc1. The maximum absolute atomic E-state index is 10.7. The van der Waals surface area contributed by atoms with Gasteiger partial charge in [-0.2, -0.15) is 0 Å². The molecule has 15 heavy (non-hydrogen) atoms. The van der Waals surface area contributed by atoms with Crippen LogP contribution in [0.4, 0.5) is 0 Å². The van der Waals surface area contributed by atoms with Gasteiger partial charge in [0, 0.05) is 10.6 Å². The van der Waals surface area contributed by atoms with Crippen molar-refractivity contribution in [3.8, 4) is 5.75 Å². The quantitative estimate of drug-likeness (QED) is 0.721. The highest BCUT2D eigenvalue weighted by atomic mass is 32.2. The maximum atomic E-state index is 10.7. The standard InChI is InChI=1S/C10H14N2O2S/c1-14-7-2-4-8(5-3-7)15-6-9(11)10(12)13/h2-5,9H,6,11H2,1H3,(H2,12,13). The molecule has 4 nitrogen and oxygen atoms in total. The molecule has 0 fully saturated rings. The molecule has 4 N–H and O–H groups in total. The summed E-state index contributed by atoms with van der Waals surface area (Å²) in [5.41, 5.74) is 10.5. The molecule has 0 saturated carbocycles. The summed E-state index contributed by atoms with van der Waals surface area (Å²) in [7, 11) is 1.62. The first-order chi connectivity index (χ1) is 7.13. The molecular weight excluding hydrogens is 212 g/mol. The third kappa shape index (κ3) is 3.81. The van der Waals surface area contributed by atoms with E-state index in [1.807, 2.05) is 24.3 Å². The second kappa shape index (κ2) is 5.63. The highest BCUT2D eigenvalue weighted by Gasteiger charge is 2.09. The molecule has 0 spiro atoms. The third-order valence-corrected chi connectivity index (χ3v) is 2.99. The zero-order valence-corrected chi connectivity index (χ0v) is 9.29. The molecule has 0 saturated heterocycles. The van der Waals surface area contributed by atoms with Crippen molar-refractivity contribution >= 4 is 17.7 Å². The molecule has 0 bridgehead atoms. The number of hydrogen-bond donors (Lipinski definition) is 2. The highest BCUT2D eigenvalue weighted by Crippen LogP contribution is 2.21. The van der Waals surface area contributed by atoms with Crippen LogP contribution in [0.3, 0.4) is 0 Å². The van der Waals surface area contributed by atoms with E-state index in [-0.39, 0.29) is 0 Å². The van der Waals surface area contributed by atoms with Gasteiger partial charge in [-0.25, -0.2) is 0 Å². The number of primary amides is 1. The first-order valence-corrected chi connectivity index (χ1v) is 5.44. The molecule has 1 atom stereocenters. The smallest absolute Gasteiger partial charge is 0.235 e. The summed E-state index contributed by atoms with van der Waals surface area (Å²) in [6.45, 7) is 0. The lowest BCUT2D eigenvalue weighted by Gasteiger charge is -2.07. The van der Waals surface area contributed by atoms with Gasteiger partial charge in [-0.15, -0.1) is 11.8 Å². The van der Waals surface area contributed by atoms with E-state index in [0.717, 1.165) is 10.6 Å². The van der Waals surface area contributed by atoms with Gasteiger partial charge in [-0.1, -0.05) is 0 Å². The number of benzene rings is 1. The Labute approximate surface area is 93.0 Å². The summed E-state index contributed by atoms with van der Waals surface area (Å²) in [6.07, 6.45) is 0. The van der Waals surface area contributed by atoms with Crippen molar-refractivity contribution < 1.29 is 9.53 Å². The first-order valence-electron chi connectivity index (χ1n) is 4.45. The second-order valence-electron chi connectivity index (χ2n) is 3.00. The lowest BCUT2D eigenvalue weighted by molar-refractivity contribution is -0.118. The van der Waals surface area contributed by atoms with Crippen LogP contribution >= 0.6 is 11.8 Å². The van der Waals surface area contributed by atoms with E-state index < -0.39 is 11.9 Å². The van der Waals surface area contributed by atoms with Gasteiger partial charge < -0.3 is 16.2 Å². The molecule has 0 aromatic heterocycles. The van der Waals surface area contributed by atoms with Gasteiger partial charge in [0.15, 0.2) is 0 Å². The molecule has 0 aliphatic rings. The van der Waals surface area contributed by atoms with Gasteiger partial charge in [0.05, 0.1) is 13.2 Å². The average molecular weight is 226 g/mol. The zero-order valence-electron chi connectivity index (χ0n) is 8.47. The van der Waals surface area contributed by atoms with Gasteiger partial charge in [0.1, 0.15) is 5.75 Å². The lowest BCUT2D eigenvalue weighted by atomic mass is 10.3. The predicted molar refractivity (Wildman–Crippen MR) is 60.9 cm³/mol. The Balaban J connectivity index is 2.47. The summed E-state index contributed by atoms with van der Waals surface area (Å²) >= 11 is 1.49. The fourth-order valence-corrected chi connectivity index (χ4v) is 1.80. The number of thioether (sulfide) groups is 1. The second-order valence-corrected chi connectivity index (χ2v) is 4.09. The summed E-state index contributed by atoms with van der Waals surface area (Å²) in [5.74, 6) is 0.816. The van der Waals surface area contributed by atoms with Crippen LogP contribution in [0.2, 0.25) is 0 Å². The van der Waals surface area contributed by atoms with Crippen molar-refractivity contribution in [3.63, 3.8) is 0 Å². The summed E-state index contributed by atoms with van der Waals surface area (Å²) in [4.78, 5) is 11.7. The summed E-state index contributed by atoms with van der Waals surface area (Å²) < 4.78 is 5.02. The number of ether oxygens (including phenoxy) is 1. The van der Waals surface area contributed by atoms with Crippen LogP contribution in [0.1, 0.15) is 0 Å². The van der Waals surface area contributed by atoms with Crippen molar-refractivity contribution in [1.29, 1.82) is 0 Å². The number of amides is 1. The van der Waals surface area contributed by atoms with Crippen molar-refractivity contribution in [1.82, 2.24) is 0 Å². The molecular formula is C10H14N2O2S. The van der Waals surface area contributed by atoms with Crippen LogP contribution in [0.25, 0.3) is 0 Å². The number of carbonyl (C=O) groups is 1. The topological polar surface area (TPSA) is 78.3 Å². The molecule has 1 amide bonds. The van der Waals surface area contributed by atoms with Crippen molar-refractivity contribution in [2.24, 2.45) is 11.5 Å². The van der Waals surface area contributed by atoms with Crippen molar-refractivity contribution in [2.45, 2.75) is 10.9 Å². The predicted octanol–water partition coefficient (Wildman–Crippen LogP) is 0.600. The van der Waals surface area contributed by atoms with E-state index in [4.69, 9.17) is 16.2 Å². The molecule has 1 rings (SSSR count). The van der Waals surface area contributed by atoms with E-state index in [2.05, 4.69) is 0 Å². The van der Waals surface area contributed by atoms with E-state index in [1.165, 1.54) is 11.8 Å². The molecule has 0 radical (unpaired) electrons. The Morgan fingerprint density at radius 3 is 2.53 bits per heavy atom. The van der Waals surface area contributed by atoms with E-state index in [1.54, 1.807) is 7.11 Å². The Morgan fingerprint density at radius 1 is 1.47 bits per heavy atom. The normalized spacial score (nSPS) is 12.1. The van der Waals surface area contributed by atoms with Gasteiger partial charge in [0.25, 0.3) is 0 Å². The minimum atomic E-state index is -0.600. The number of hydrogen-bond acceptors (Lipinski definition) is 4. The fraction of sp³-hybridized carbons (Fsp3) is 0.300. The molecule has 0 aliphatic carbocycles. The fourth-order valence-electron chi connectivity index (χ4n) is 0.940. The first kappa shape index (κ1) is 11.9. The van der Waals surface area contributed by atoms with Crippen LogP contribution in [0.5, 0.6) is 5.75 Å². The van der Waals surface area contributed by atoms with Crippen LogP contribution in [0, 0.1) is 0 Å². The molecule has 0 heterocycles. The Kier molecular flexibility index (Phi) is 4.45. The van der Waals surface area contributed by atoms with Crippen LogP contribution in [-0.4, -0.2) is 24.8 Å². The Hall–Kier alpha value is -1.20. The largest absolute Gasteiger partial charge is 0.497 e. The Morgan fingerprint density at radius 2 is 2.07 bits per heavy atom. The van der Waals surface area contributed by atoms with Crippen molar-refractivity contribution in [2.75, 3.05) is 12.9 Å². The number of rotatable bonds is 5. The number of nitrogens with two attached hydrogens (primary N) is 2. The monoisotopic (exact) mass is 226 g/mol. The molecule has 1 aromatic rings. The average Bonchev–Trinajstić information content (AvgIpc) is 2.26. The third-order valence-electron chi connectivity index (χ3n) is 1.85. The van der Waals surface area contributed by atoms with E-state index >= 15 is 0 Å². The maximum Gasteiger partial charge on any atom is 0.235 e. The molecule has 82 valence electrons. The van der Waals surface area contributed by atoms with E-state index in [0.29, 0.717) is 5.75 Å². The minimum Gasteiger partial charge on any atom is -0.497 e. The number of methoxy groups -OCH3 is 1. The summed E-state index contributed by atoms with van der Waals surface area (Å²) in [6, 6.07) is 6.95. The van der Waals surface area contributed by atoms with Crippen LogP contribution in [0.15, 0.2) is 29.2 Å². The Bertz CT molecular complexity index is 327. The van der Waals surface area contributed by atoms with Gasteiger partial charge in [0.2, 0.25) is 5.91 Å². The van der Waals surface area contributed by atoms with Gasteiger partial charge in [-0.05, 0) is 24.3 Å². The molecule has 0 aliphatic heterocycles. The minimum absolute atomic E-state index is 0.476. The number of carbonyl (C=O) groups excluding carboxylic acids is 1. The lowest BCUT2D eigenvalue weighted by Crippen LogP contribution is -2.38. The van der Waals surface area contributed by atoms with Crippen LogP contribution in [-0.2, 0) is 4.79 Å². The van der Waals surface area contributed by atoms with Crippen LogP contribution < -0.4 is 16.2 Å². The molecule has 1 aromatic carbocycles. The summed E-state index contributed by atoms with van der Waals surface area (Å²) in [5, 5.41) is 0.